The molecule has 1 aliphatic rings. The predicted molar refractivity (Wildman–Crippen MR) is 100 cm³/mol. The average molecular weight is 354 g/mol. The summed E-state index contributed by atoms with van der Waals surface area (Å²) in [5.41, 5.74) is 1.52. The topological polar surface area (TPSA) is 62.5 Å². The Kier molecular flexibility index (Phi) is 4.33. The molecule has 3 aromatic rings. The van der Waals surface area contributed by atoms with Crippen LogP contribution in [0.15, 0.2) is 48.0 Å². The van der Waals surface area contributed by atoms with E-state index < -0.39 is 0 Å². The fourth-order valence-electron chi connectivity index (χ4n) is 3.34. The number of hydrogen-bond acceptors (Lipinski definition) is 6. The normalized spacial score (nSPS) is 15.6. The van der Waals surface area contributed by atoms with Gasteiger partial charge in [-0.1, -0.05) is 6.07 Å². The second kappa shape index (κ2) is 6.78. The van der Waals surface area contributed by atoms with E-state index >= 15 is 0 Å². The zero-order valence-corrected chi connectivity index (χ0v) is 14.5. The Hall–Kier alpha value is -2.51. The molecule has 0 atom stereocenters. The van der Waals surface area contributed by atoms with Crippen molar-refractivity contribution in [2.45, 2.75) is 6.54 Å². The van der Waals surface area contributed by atoms with E-state index in [0.29, 0.717) is 16.6 Å². The van der Waals surface area contributed by atoms with Crippen LogP contribution in [0.2, 0.25) is 0 Å². The maximum absolute atomic E-state index is 11.7. The highest BCUT2D eigenvalue weighted by atomic mass is 32.1. The monoisotopic (exact) mass is 354 g/mol. The van der Waals surface area contributed by atoms with Crippen molar-refractivity contribution < 1.29 is 4.92 Å². The van der Waals surface area contributed by atoms with Crippen LogP contribution in [0.1, 0.15) is 4.88 Å². The van der Waals surface area contributed by atoms with Gasteiger partial charge in [0.05, 0.1) is 15.8 Å². The van der Waals surface area contributed by atoms with Crippen LogP contribution < -0.4 is 4.90 Å². The van der Waals surface area contributed by atoms with Crippen LogP contribution in [-0.4, -0.2) is 41.0 Å². The van der Waals surface area contributed by atoms with Gasteiger partial charge in [0.2, 0.25) is 0 Å². The Labute approximate surface area is 149 Å². The van der Waals surface area contributed by atoms with Crippen molar-refractivity contribution in [3.8, 4) is 0 Å². The van der Waals surface area contributed by atoms with Crippen molar-refractivity contribution in [3.63, 3.8) is 0 Å². The molecule has 25 heavy (non-hydrogen) atoms. The Morgan fingerprint density at radius 1 is 1.12 bits per heavy atom. The highest BCUT2D eigenvalue weighted by Gasteiger charge is 2.26. The van der Waals surface area contributed by atoms with Crippen molar-refractivity contribution in [3.05, 3.63) is 63.0 Å². The second-order valence-corrected chi connectivity index (χ2v) is 7.14. The lowest BCUT2D eigenvalue weighted by molar-refractivity contribution is -0.382. The van der Waals surface area contributed by atoms with E-state index in [-0.39, 0.29) is 10.6 Å². The summed E-state index contributed by atoms with van der Waals surface area (Å²) in [4.78, 5) is 21.5. The molecule has 6 nitrogen and oxygen atoms in total. The van der Waals surface area contributed by atoms with Gasteiger partial charge in [-0.05, 0) is 35.7 Å². The minimum absolute atomic E-state index is 0.164. The van der Waals surface area contributed by atoms with Crippen LogP contribution in [0.25, 0.3) is 10.9 Å². The van der Waals surface area contributed by atoms with Gasteiger partial charge in [-0.3, -0.25) is 20.0 Å². The molecule has 0 radical (unpaired) electrons. The molecule has 1 saturated heterocycles. The van der Waals surface area contributed by atoms with Crippen molar-refractivity contribution >= 4 is 33.6 Å². The molecule has 0 unspecified atom stereocenters. The van der Waals surface area contributed by atoms with Gasteiger partial charge < -0.3 is 4.90 Å². The summed E-state index contributed by atoms with van der Waals surface area (Å²) >= 11 is 1.77. The zero-order valence-electron chi connectivity index (χ0n) is 13.7. The Morgan fingerprint density at radius 3 is 2.68 bits per heavy atom. The SMILES string of the molecule is O=[N+]([O-])c1c(N2CCN(Cc3cccs3)CC2)ccc2ncccc12. The number of fused-ring (bicyclic) bond motifs is 1. The first-order valence-corrected chi connectivity index (χ1v) is 9.12. The van der Waals surface area contributed by atoms with Crippen LogP contribution >= 0.6 is 11.3 Å². The highest BCUT2D eigenvalue weighted by molar-refractivity contribution is 7.09. The van der Waals surface area contributed by atoms with Crippen LogP contribution in [0.4, 0.5) is 11.4 Å². The quantitative estimate of drug-likeness (QED) is 0.530. The van der Waals surface area contributed by atoms with Gasteiger partial charge in [0.1, 0.15) is 5.69 Å². The van der Waals surface area contributed by atoms with E-state index in [0.717, 1.165) is 32.7 Å². The molecular formula is C18H18N4O2S. The second-order valence-electron chi connectivity index (χ2n) is 6.10. The minimum Gasteiger partial charge on any atom is -0.363 e. The fraction of sp³-hybridized carbons (Fsp3) is 0.278. The van der Waals surface area contributed by atoms with Gasteiger partial charge in [-0.2, -0.15) is 0 Å². The first-order valence-electron chi connectivity index (χ1n) is 8.24. The van der Waals surface area contributed by atoms with E-state index in [1.165, 1.54) is 4.88 Å². The van der Waals surface area contributed by atoms with Crippen LogP contribution in [0.5, 0.6) is 0 Å². The van der Waals surface area contributed by atoms with Gasteiger partial charge in [0.15, 0.2) is 0 Å². The number of thiophene rings is 1. The predicted octanol–water partition coefficient (Wildman–Crippen LogP) is 3.53. The Bertz CT molecular complexity index is 889. The van der Waals surface area contributed by atoms with Crippen LogP contribution in [-0.2, 0) is 6.54 Å². The number of nitro benzene ring substituents is 1. The molecule has 3 heterocycles. The molecule has 1 aliphatic heterocycles. The van der Waals surface area contributed by atoms with E-state index in [2.05, 4.69) is 32.3 Å². The first-order chi connectivity index (χ1) is 12.2. The first kappa shape index (κ1) is 16.0. The lowest BCUT2D eigenvalue weighted by atomic mass is 10.1. The number of nitrogens with zero attached hydrogens (tertiary/aromatic N) is 4. The summed E-state index contributed by atoms with van der Waals surface area (Å²) in [5.74, 6) is 0. The lowest BCUT2D eigenvalue weighted by Crippen LogP contribution is -2.46. The van der Waals surface area contributed by atoms with Gasteiger partial charge in [0, 0.05) is 43.8 Å². The van der Waals surface area contributed by atoms with Crippen molar-refractivity contribution in [2.24, 2.45) is 0 Å². The fourth-order valence-corrected chi connectivity index (χ4v) is 4.09. The van der Waals surface area contributed by atoms with E-state index in [1.807, 2.05) is 12.1 Å². The number of anilines is 1. The lowest BCUT2D eigenvalue weighted by Gasteiger charge is -2.35. The van der Waals surface area contributed by atoms with Crippen LogP contribution in [0.3, 0.4) is 0 Å². The number of aromatic nitrogens is 1. The van der Waals surface area contributed by atoms with Gasteiger partial charge >= 0.3 is 5.69 Å². The van der Waals surface area contributed by atoms with E-state index in [1.54, 1.807) is 29.7 Å². The van der Waals surface area contributed by atoms with E-state index in [9.17, 15) is 10.1 Å². The molecule has 1 fully saturated rings. The third-order valence-electron chi connectivity index (χ3n) is 4.59. The molecule has 0 amide bonds. The average Bonchev–Trinajstić information content (AvgIpc) is 3.14. The van der Waals surface area contributed by atoms with Gasteiger partial charge in [-0.25, -0.2) is 0 Å². The summed E-state index contributed by atoms with van der Waals surface area (Å²) in [5, 5.41) is 14.4. The molecule has 0 saturated carbocycles. The molecule has 0 bridgehead atoms. The summed E-state index contributed by atoms with van der Waals surface area (Å²) < 4.78 is 0. The largest absolute Gasteiger partial charge is 0.363 e. The molecule has 128 valence electrons. The molecule has 7 heteroatoms. The van der Waals surface area contributed by atoms with Crippen molar-refractivity contribution in [1.82, 2.24) is 9.88 Å². The van der Waals surface area contributed by atoms with Gasteiger partial charge in [0.25, 0.3) is 0 Å². The Balaban J connectivity index is 1.56. The number of pyridine rings is 1. The molecular weight excluding hydrogens is 336 g/mol. The summed E-state index contributed by atoms with van der Waals surface area (Å²) in [6.07, 6.45) is 1.66. The maximum atomic E-state index is 11.7. The molecule has 0 aliphatic carbocycles. The summed E-state index contributed by atoms with van der Waals surface area (Å²) in [6, 6.07) is 11.5. The molecule has 0 spiro atoms. The number of rotatable bonds is 4. The zero-order chi connectivity index (χ0) is 17.2. The molecule has 1 aromatic carbocycles. The summed E-state index contributed by atoms with van der Waals surface area (Å²) in [7, 11) is 0. The summed E-state index contributed by atoms with van der Waals surface area (Å²) in [6.45, 7) is 4.34. The smallest absolute Gasteiger partial charge is 0.301 e. The highest BCUT2D eigenvalue weighted by Crippen LogP contribution is 2.35. The molecule has 0 N–H and O–H groups in total. The number of piperazine rings is 1. The maximum Gasteiger partial charge on any atom is 0.301 e. The van der Waals surface area contributed by atoms with E-state index in [4.69, 9.17) is 0 Å². The third-order valence-corrected chi connectivity index (χ3v) is 5.45. The van der Waals surface area contributed by atoms with Crippen molar-refractivity contribution in [1.29, 1.82) is 0 Å². The number of nitro groups is 1. The third kappa shape index (κ3) is 3.20. The van der Waals surface area contributed by atoms with Gasteiger partial charge in [-0.15, -0.1) is 11.3 Å². The minimum atomic E-state index is -0.280. The standard InChI is InChI=1S/C18H18N4O2S/c23-22(24)18-15-4-1-7-19-16(15)5-6-17(18)21-10-8-20(9-11-21)13-14-3-2-12-25-14/h1-7,12H,8-11,13H2. The number of hydrogen-bond donors (Lipinski definition) is 0. The Morgan fingerprint density at radius 2 is 1.96 bits per heavy atom. The molecule has 2 aromatic heterocycles. The number of benzene rings is 1. The molecule has 4 rings (SSSR count). The van der Waals surface area contributed by atoms with Crippen LogP contribution in [0, 0.1) is 10.1 Å². The van der Waals surface area contributed by atoms with Crippen molar-refractivity contribution in [2.75, 3.05) is 31.1 Å².